The molecule has 5 heteroatoms. The minimum atomic E-state index is 0.288. The van der Waals surface area contributed by atoms with Gasteiger partial charge in [-0.1, -0.05) is 19.3 Å². The van der Waals surface area contributed by atoms with Crippen molar-refractivity contribution in [1.29, 1.82) is 0 Å². The lowest BCUT2D eigenvalue weighted by molar-refractivity contribution is -0.132. The van der Waals surface area contributed by atoms with E-state index in [9.17, 15) is 4.79 Å². The number of carbonyl (C=O) groups is 1. The van der Waals surface area contributed by atoms with Gasteiger partial charge >= 0.3 is 0 Å². The van der Waals surface area contributed by atoms with Gasteiger partial charge in [-0.3, -0.25) is 14.6 Å². The van der Waals surface area contributed by atoms with E-state index in [-0.39, 0.29) is 5.91 Å². The molecule has 1 heterocycles. The van der Waals surface area contributed by atoms with Gasteiger partial charge in [0.25, 0.3) is 0 Å². The van der Waals surface area contributed by atoms with Crippen molar-refractivity contribution in [2.75, 3.05) is 66.6 Å². The van der Waals surface area contributed by atoms with E-state index in [4.69, 9.17) is 4.74 Å². The van der Waals surface area contributed by atoms with Gasteiger partial charge in [-0.2, -0.15) is 0 Å². The summed E-state index contributed by atoms with van der Waals surface area (Å²) in [6.45, 7) is 7.41. The van der Waals surface area contributed by atoms with Gasteiger partial charge in [0, 0.05) is 53.4 Å². The van der Waals surface area contributed by atoms with Crippen molar-refractivity contribution in [2.24, 2.45) is 5.92 Å². The number of ether oxygens (including phenoxy) is 1. The number of piperazine rings is 1. The Bertz CT molecular complexity index is 324. The zero-order valence-corrected chi connectivity index (χ0v) is 14.4. The molecule has 2 aliphatic rings. The van der Waals surface area contributed by atoms with E-state index in [0.29, 0.717) is 6.54 Å². The van der Waals surface area contributed by atoms with Crippen LogP contribution in [0, 0.1) is 5.92 Å². The number of amides is 1. The van der Waals surface area contributed by atoms with Crippen LogP contribution in [-0.4, -0.2) is 87.2 Å². The van der Waals surface area contributed by atoms with Crippen LogP contribution in [-0.2, 0) is 9.53 Å². The highest BCUT2D eigenvalue weighted by Crippen LogP contribution is 2.24. The number of methoxy groups -OCH3 is 1. The van der Waals surface area contributed by atoms with Crippen molar-refractivity contribution in [2.45, 2.75) is 32.1 Å². The molecule has 0 aromatic rings. The van der Waals surface area contributed by atoms with Crippen LogP contribution in [0.25, 0.3) is 0 Å². The van der Waals surface area contributed by atoms with Gasteiger partial charge in [0.15, 0.2) is 0 Å². The molecule has 1 saturated heterocycles. The van der Waals surface area contributed by atoms with Gasteiger partial charge in [0.2, 0.25) is 5.91 Å². The Morgan fingerprint density at radius 1 is 1.09 bits per heavy atom. The second-order valence-corrected chi connectivity index (χ2v) is 6.89. The summed E-state index contributed by atoms with van der Waals surface area (Å²) >= 11 is 0. The van der Waals surface area contributed by atoms with Gasteiger partial charge in [-0.25, -0.2) is 0 Å². The predicted octanol–water partition coefficient (Wildman–Crippen LogP) is 1.29. The highest BCUT2D eigenvalue weighted by Gasteiger charge is 2.22. The molecule has 0 bridgehead atoms. The Balaban J connectivity index is 1.64. The van der Waals surface area contributed by atoms with E-state index in [2.05, 4.69) is 9.80 Å². The molecule has 1 saturated carbocycles. The molecule has 0 unspecified atom stereocenters. The lowest BCUT2D eigenvalue weighted by atomic mass is 9.89. The fourth-order valence-corrected chi connectivity index (χ4v) is 3.56. The number of carbonyl (C=O) groups excluding carboxylic acids is 1. The zero-order chi connectivity index (χ0) is 15.8. The Labute approximate surface area is 135 Å². The molecule has 0 aromatic carbocycles. The molecule has 5 nitrogen and oxygen atoms in total. The van der Waals surface area contributed by atoms with Gasteiger partial charge in [0.1, 0.15) is 0 Å². The third kappa shape index (κ3) is 5.86. The van der Waals surface area contributed by atoms with Crippen molar-refractivity contribution in [3.05, 3.63) is 0 Å². The molecule has 0 radical (unpaired) electrons. The number of hydrogen-bond acceptors (Lipinski definition) is 4. The fraction of sp³-hybridized carbons (Fsp3) is 0.941. The molecule has 2 fully saturated rings. The minimum absolute atomic E-state index is 0.288. The van der Waals surface area contributed by atoms with Crippen LogP contribution in [0.1, 0.15) is 32.1 Å². The van der Waals surface area contributed by atoms with Crippen molar-refractivity contribution >= 4 is 5.91 Å². The van der Waals surface area contributed by atoms with Crippen LogP contribution >= 0.6 is 0 Å². The first-order valence-corrected chi connectivity index (χ1v) is 8.86. The Kier molecular flexibility index (Phi) is 7.63. The molecule has 1 aliphatic carbocycles. The molecule has 0 N–H and O–H groups in total. The second-order valence-electron chi connectivity index (χ2n) is 6.89. The monoisotopic (exact) mass is 311 g/mol. The van der Waals surface area contributed by atoms with Crippen molar-refractivity contribution in [1.82, 2.24) is 14.7 Å². The molecule has 0 aromatic heterocycles. The maximum Gasteiger partial charge on any atom is 0.236 e. The lowest BCUT2D eigenvalue weighted by Gasteiger charge is -2.35. The first kappa shape index (κ1) is 17.7. The smallest absolute Gasteiger partial charge is 0.236 e. The molecule has 22 heavy (non-hydrogen) atoms. The summed E-state index contributed by atoms with van der Waals surface area (Å²) in [6.07, 6.45) is 6.67. The summed E-state index contributed by atoms with van der Waals surface area (Å²) in [4.78, 5) is 19.1. The average molecular weight is 311 g/mol. The Hall–Kier alpha value is -0.650. The molecule has 2 rings (SSSR count). The number of rotatable bonds is 7. The van der Waals surface area contributed by atoms with Crippen LogP contribution in [0.3, 0.4) is 0 Å². The normalized spacial score (nSPS) is 21.9. The number of likely N-dealkylation sites (N-methyl/N-ethyl adjacent to an activating group) is 1. The number of hydrogen-bond donors (Lipinski definition) is 0. The van der Waals surface area contributed by atoms with E-state index in [1.54, 1.807) is 7.11 Å². The first-order chi connectivity index (χ1) is 10.7. The van der Waals surface area contributed by atoms with Crippen molar-refractivity contribution < 1.29 is 9.53 Å². The van der Waals surface area contributed by atoms with E-state index in [1.807, 2.05) is 11.9 Å². The van der Waals surface area contributed by atoms with Gasteiger partial charge < -0.3 is 9.64 Å². The third-order valence-electron chi connectivity index (χ3n) is 5.12. The summed E-state index contributed by atoms with van der Waals surface area (Å²) in [7, 11) is 3.73. The molecule has 1 aliphatic heterocycles. The fourth-order valence-electron chi connectivity index (χ4n) is 3.56. The summed E-state index contributed by atoms with van der Waals surface area (Å²) < 4.78 is 5.12. The summed E-state index contributed by atoms with van der Waals surface area (Å²) in [5.41, 5.74) is 0. The van der Waals surface area contributed by atoms with Gasteiger partial charge in [-0.05, 0) is 18.8 Å². The van der Waals surface area contributed by atoms with E-state index < -0.39 is 0 Å². The first-order valence-electron chi connectivity index (χ1n) is 8.86. The standard InChI is InChI=1S/C17H33N3O2/c1-18(14-16-6-4-3-5-7-16)17(21)15-20-10-8-19(9-11-20)12-13-22-2/h16H,3-15H2,1-2H3. The van der Waals surface area contributed by atoms with Crippen LogP contribution in [0.2, 0.25) is 0 Å². The second kappa shape index (κ2) is 9.48. The minimum Gasteiger partial charge on any atom is -0.383 e. The molecule has 128 valence electrons. The van der Waals surface area contributed by atoms with Gasteiger partial charge in [-0.15, -0.1) is 0 Å². The molecular weight excluding hydrogens is 278 g/mol. The molecule has 0 atom stereocenters. The van der Waals surface area contributed by atoms with Crippen LogP contribution in [0.4, 0.5) is 0 Å². The SMILES string of the molecule is COCCN1CCN(CC(=O)N(C)CC2CCCCC2)CC1. The largest absolute Gasteiger partial charge is 0.383 e. The molecule has 0 spiro atoms. The van der Waals surface area contributed by atoms with Crippen molar-refractivity contribution in [3.8, 4) is 0 Å². The topological polar surface area (TPSA) is 36.0 Å². The molecule has 1 amide bonds. The predicted molar refractivity (Wildman–Crippen MR) is 89.0 cm³/mol. The van der Waals surface area contributed by atoms with Gasteiger partial charge in [0.05, 0.1) is 13.2 Å². The van der Waals surface area contributed by atoms with Crippen LogP contribution in [0.15, 0.2) is 0 Å². The van der Waals surface area contributed by atoms with E-state index >= 15 is 0 Å². The highest BCUT2D eigenvalue weighted by molar-refractivity contribution is 5.78. The van der Waals surface area contributed by atoms with E-state index in [0.717, 1.165) is 51.8 Å². The summed E-state index contributed by atoms with van der Waals surface area (Å²) in [6, 6.07) is 0. The maximum absolute atomic E-state index is 12.4. The quantitative estimate of drug-likeness (QED) is 0.710. The average Bonchev–Trinajstić information content (AvgIpc) is 2.55. The maximum atomic E-state index is 12.4. The summed E-state index contributed by atoms with van der Waals surface area (Å²) in [5.74, 6) is 1.02. The van der Waals surface area contributed by atoms with Crippen LogP contribution < -0.4 is 0 Å². The van der Waals surface area contributed by atoms with Crippen molar-refractivity contribution in [3.63, 3.8) is 0 Å². The zero-order valence-electron chi connectivity index (χ0n) is 14.4. The third-order valence-corrected chi connectivity index (χ3v) is 5.12. The lowest BCUT2D eigenvalue weighted by Crippen LogP contribution is -2.50. The Morgan fingerprint density at radius 3 is 2.36 bits per heavy atom. The van der Waals surface area contributed by atoms with E-state index in [1.165, 1.54) is 32.1 Å². The van der Waals surface area contributed by atoms with Crippen LogP contribution in [0.5, 0.6) is 0 Å². The highest BCUT2D eigenvalue weighted by atomic mass is 16.5. The Morgan fingerprint density at radius 2 is 1.73 bits per heavy atom. The number of nitrogens with zero attached hydrogens (tertiary/aromatic N) is 3. The molecular formula is C17H33N3O2. The summed E-state index contributed by atoms with van der Waals surface area (Å²) in [5, 5.41) is 0.